The van der Waals surface area contributed by atoms with Gasteiger partial charge in [-0.15, -0.1) is 0 Å². The van der Waals surface area contributed by atoms with Crippen LogP contribution in [0.3, 0.4) is 0 Å². The Bertz CT molecular complexity index is 628. The minimum atomic E-state index is -0.245. The van der Waals surface area contributed by atoms with Crippen molar-refractivity contribution in [1.29, 1.82) is 0 Å². The van der Waals surface area contributed by atoms with Gasteiger partial charge in [0.25, 0.3) is 5.91 Å². The normalized spacial score (nSPS) is 10.3. The van der Waals surface area contributed by atoms with E-state index in [4.69, 9.17) is 11.6 Å². The molecule has 0 bridgehead atoms. The van der Waals surface area contributed by atoms with Gasteiger partial charge in [0.1, 0.15) is 5.69 Å². The third-order valence-corrected chi connectivity index (χ3v) is 3.59. The van der Waals surface area contributed by atoms with Crippen LogP contribution in [-0.2, 0) is 0 Å². The first-order valence-electron chi connectivity index (χ1n) is 7.34. The molecule has 0 aliphatic carbocycles. The maximum absolute atomic E-state index is 12.1. The van der Waals surface area contributed by atoms with Gasteiger partial charge in [0.2, 0.25) is 0 Å². The predicted octanol–water partition coefficient (Wildman–Crippen LogP) is 4.22. The summed E-state index contributed by atoms with van der Waals surface area (Å²) in [6, 6.07) is 10.7. The van der Waals surface area contributed by atoms with E-state index >= 15 is 0 Å². The van der Waals surface area contributed by atoms with Crippen molar-refractivity contribution in [2.24, 2.45) is 0 Å². The van der Waals surface area contributed by atoms with Gasteiger partial charge in [0, 0.05) is 24.3 Å². The Hall–Kier alpha value is -2.07. The number of carbonyl (C=O) groups excluding carboxylic acids is 1. The van der Waals surface area contributed by atoms with Crippen molar-refractivity contribution in [3.8, 4) is 0 Å². The van der Waals surface area contributed by atoms with Gasteiger partial charge in [-0.2, -0.15) is 0 Å². The average molecular weight is 318 g/mol. The molecule has 1 N–H and O–H groups in total. The Morgan fingerprint density at radius 3 is 2.77 bits per heavy atom. The number of aromatic nitrogens is 1. The van der Waals surface area contributed by atoms with E-state index in [0.717, 1.165) is 25.1 Å². The lowest BCUT2D eigenvalue weighted by Gasteiger charge is -2.18. The van der Waals surface area contributed by atoms with Gasteiger partial charge >= 0.3 is 0 Å². The standard InChI is InChI=1S/C17H20ClN3O/c1-3-4-10-21(2)15-8-9-16(19-12-15)17(22)20-14-7-5-6-13(18)11-14/h5-9,11-12H,3-4,10H2,1-2H3,(H,20,22). The number of benzene rings is 1. The fraction of sp³-hybridized carbons (Fsp3) is 0.294. The zero-order valence-electron chi connectivity index (χ0n) is 12.8. The highest BCUT2D eigenvalue weighted by atomic mass is 35.5. The number of pyridine rings is 1. The lowest BCUT2D eigenvalue weighted by molar-refractivity contribution is 0.102. The van der Waals surface area contributed by atoms with E-state index in [0.29, 0.717) is 16.4 Å². The Morgan fingerprint density at radius 2 is 2.14 bits per heavy atom. The molecule has 0 aliphatic heterocycles. The minimum Gasteiger partial charge on any atom is -0.373 e. The van der Waals surface area contributed by atoms with Crippen LogP contribution in [-0.4, -0.2) is 24.5 Å². The van der Waals surface area contributed by atoms with Crippen molar-refractivity contribution in [2.75, 3.05) is 23.8 Å². The Balaban J connectivity index is 2.02. The van der Waals surface area contributed by atoms with E-state index in [1.165, 1.54) is 0 Å². The molecule has 0 radical (unpaired) electrons. The number of halogens is 1. The summed E-state index contributed by atoms with van der Waals surface area (Å²) >= 11 is 5.90. The molecule has 2 rings (SSSR count). The van der Waals surface area contributed by atoms with Crippen molar-refractivity contribution in [2.45, 2.75) is 19.8 Å². The topological polar surface area (TPSA) is 45.2 Å². The average Bonchev–Trinajstić information content (AvgIpc) is 2.52. The molecule has 116 valence electrons. The second-order valence-electron chi connectivity index (χ2n) is 5.14. The molecule has 5 heteroatoms. The van der Waals surface area contributed by atoms with Gasteiger partial charge in [-0.3, -0.25) is 4.79 Å². The van der Waals surface area contributed by atoms with E-state index in [1.54, 1.807) is 36.5 Å². The number of nitrogens with one attached hydrogen (secondary N) is 1. The number of amides is 1. The van der Waals surface area contributed by atoms with Gasteiger partial charge in [-0.25, -0.2) is 4.98 Å². The summed E-state index contributed by atoms with van der Waals surface area (Å²) in [6.07, 6.45) is 4.01. The number of rotatable bonds is 6. The van der Waals surface area contributed by atoms with E-state index < -0.39 is 0 Å². The lowest BCUT2D eigenvalue weighted by atomic mass is 10.2. The second kappa shape index (κ2) is 7.80. The smallest absolute Gasteiger partial charge is 0.274 e. The molecule has 1 heterocycles. The first-order chi connectivity index (χ1) is 10.6. The second-order valence-corrected chi connectivity index (χ2v) is 5.58. The SMILES string of the molecule is CCCCN(C)c1ccc(C(=O)Nc2cccc(Cl)c2)nc1. The highest BCUT2D eigenvalue weighted by molar-refractivity contribution is 6.30. The van der Waals surface area contributed by atoms with Crippen LogP contribution in [0.1, 0.15) is 30.3 Å². The van der Waals surface area contributed by atoms with Gasteiger partial charge in [-0.1, -0.05) is 31.0 Å². The van der Waals surface area contributed by atoms with Gasteiger partial charge < -0.3 is 10.2 Å². The molecule has 1 amide bonds. The zero-order chi connectivity index (χ0) is 15.9. The summed E-state index contributed by atoms with van der Waals surface area (Å²) in [5.74, 6) is -0.245. The molecule has 0 aliphatic rings. The number of anilines is 2. The maximum atomic E-state index is 12.1. The van der Waals surface area contributed by atoms with Gasteiger partial charge in [0.05, 0.1) is 11.9 Å². The first-order valence-corrected chi connectivity index (χ1v) is 7.72. The number of hydrogen-bond donors (Lipinski definition) is 1. The third kappa shape index (κ3) is 4.46. The number of hydrogen-bond acceptors (Lipinski definition) is 3. The molecule has 0 unspecified atom stereocenters. The van der Waals surface area contributed by atoms with Crippen molar-refractivity contribution < 1.29 is 4.79 Å². The van der Waals surface area contributed by atoms with E-state index in [2.05, 4.69) is 22.1 Å². The van der Waals surface area contributed by atoms with E-state index in [-0.39, 0.29) is 5.91 Å². The molecule has 1 aromatic heterocycles. The summed E-state index contributed by atoms with van der Waals surface area (Å²) < 4.78 is 0. The molecule has 4 nitrogen and oxygen atoms in total. The molecule has 0 fully saturated rings. The fourth-order valence-electron chi connectivity index (χ4n) is 2.03. The molecule has 0 spiro atoms. The lowest BCUT2D eigenvalue weighted by Crippen LogP contribution is -2.19. The van der Waals surface area contributed by atoms with Crippen LogP contribution in [0.25, 0.3) is 0 Å². The Kier molecular flexibility index (Phi) is 5.78. The van der Waals surface area contributed by atoms with Crippen molar-refractivity contribution in [3.05, 3.63) is 53.3 Å². The highest BCUT2D eigenvalue weighted by Crippen LogP contribution is 2.16. The maximum Gasteiger partial charge on any atom is 0.274 e. The van der Waals surface area contributed by atoms with Crippen LogP contribution in [0.15, 0.2) is 42.6 Å². The van der Waals surface area contributed by atoms with E-state index in [1.807, 2.05) is 13.1 Å². The largest absolute Gasteiger partial charge is 0.373 e. The van der Waals surface area contributed by atoms with Crippen LogP contribution in [0.5, 0.6) is 0 Å². The summed E-state index contributed by atoms with van der Waals surface area (Å²) in [7, 11) is 2.03. The first kappa shape index (κ1) is 16.3. The van der Waals surface area contributed by atoms with Gasteiger partial charge in [-0.05, 0) is 36.8 Å². The van der Waals surface area contributed by atoms with Crippen molar-refractivity contribution in [1.82, 2.24) is 4.98 Å². The predicted molar refractivity (Wildman–Crippen MR) is 91.8 cm³/mol. The third-order valence-electron chi connectivity index (χ3n) is 3.35. The number of carbonyl (C=O) groups is 1. The van der Waals surface area contributed by atoms with Crippen LogP contribution in [0.2, 0.25) is 5.02 Å². The molecular formula is C17H20ClN3O. The van der Waals surface area contributed by atoms with Gasteiger partial charge in [0.15, 0.2) is 0 Å². The monoisotopic (exact) mass is 317 g/mol. The van der Waals surface area contributed by atoms with Crippen molar-refractivity contribution >= 4 is 28.9 Å². The quantitative estimate of drug-likeness (QED) is 0.867. The molecular weight excluding hydrogens is 298 g/mol. The summed E-state index contributed by atoms with van der Waals surface area (Å²) in [5, 5.41) is 3.36. The molecule has 0 atom stereocenters. The highest BCUT2D eigenvalue weighted by Gasteiger charge is 2.09. The molecule has 1 aromatic carbocycles. The zero-order valence-corrected chi connectivity index (χ0v) is 13.6. The van der Waals surface area contributed by atoms with Crippen LogP contribution in [0, 0.1) is 0 Å². The van der Waals surface area contributed by atoms with E-state index in [9.17, 15) is 4.79 Å². The minimum absolute atomic E-state index is 0.245. The molecule has 0 saturated carbocycles. The number of unbranched alkanes of at least 4 members (excludes halogenated alkanes) is 1. The van der Waals surface area contributed by atoms with Crippen LogP contribution in [0.4, 0.5) is 11.4 Å². The Labute approximate surface area is 136 Å². The summed E-state index contributed by atoms with van der Waals surface area (Å²) in [4.78, 5) is 18.5. The summed E-state index contributed by atoms with van der Waals surface area (Å²) in [5.41, 5.74) is 2.05. The number of nitrogens with zero attached hydrogens (tertiary/aromatic N) is 2. The van der Waals surface area contributed by atoms with Crippen molar-refractivity contribution in [3.63, 3.8) is 0 Å². The van der Waals surface area contributed by atoms with Crippen LogP contribution < -0.4 is 10.2 Å². The molecule has 22 heavy (non-hydrogen) atoms. The Morgan fingerprint density at radius 1 is 1.32 bits per heavy atom. The fourth-order valence-corrected chi connectivity index (χ4v) is 2.22. The summed E-state index contributed by atoms with van der Waals surface area (Å²) in [6.45, 7) is 3.14. The van der Waals surface area contributed by atoms with Crippen LogP contribution >= 0.6 is 11.6 Å². The molecule has 0 saturated heterocycles. The molecule has 2 aromatic rings.